The Bertz CT molecular complexity index is 994. The molecule has 3 aliphatic heterocycles. The van der Waals surface area contributed by atoms with E-state index in [1.807, 2.05) is 4.90 Å². The fraction of sp³-hybridized carbons (Fsp3) is 0.720. The Labute approximate surface area is 201 Å². The molecule has 3 fully saturated rings. The van der Waals surface area contributed by atoms with Gasteiger partial charge in [-0.15, -0.1) is 11.3 Å². The van der Waals surface area contributed by atoms with E-state index in [9.17, 15) is 4.79 Å². The third-order valence-corrected chi connectivity index (χ3v) is 8.79. The van der Waals surface area contributed by atoms with Crippen molar-refractivity contribution in [3.8, 4) is 0 Å². The van der Waals surface area contributed by atoms with Gasteiger partial charge in [0.05, 0.1) is 31.1 Å². The highest BCUT2D eigenvalue weighted by atomic mass is 32.1. The van der Waals surface area contributed by atoms with Gasteiger partial charge < -0.3 is 14.5 Å². The molecule has 1 unspecified atom stereocenters. The fourth-order valence-electron chi connectivity index (χ4n) is 5.40. The molecule has 3 saturated heterocycles. The molecule has 0 spiro atoms. The second kappa shape index (κ2) is 9.84. The predicted octanol–water partition coefficient (Wildman–Crippen LogP) is 3.62. The topological polar surface area (TPSA) is 61.8 Å². The number of morpholine rings is 1. The molecule has 2 aromatic heterocycles. The summed E-state index contributed by atoms with van der Waals surface area (Å²) in [4.78, 5) is 32.7. The molecule has 3 aliphatic rings. The highest BCUT2D eigenvalue weighted by Crippen LogP contribution is 2.37. The lowest BCUT2D eigenvalue weighted by atomic mass is 9.96. The first-order chi connectivity index (χ1) is 16.0. The van der Waals surface area contributed by atoms with Gasteiger partial charge in [-0.05, 0) is 64.1 Å². The summed E-state index contributed by atoms with van der Waals surface area (Å²) in [5, 5.41) is 1.19. The number of nitrogens with zero attached hydrogens (tertiary/aromatic N) is 5. The van der Waals surface area contributed by atoms with Gasteiger partial charge in [-0.1, -0.05) is 6.92 Å². The van der Waals surface area contributed by atoms with Crippen molar-refractivity contribution >= 4 is 33.3 Å². The molecule has 0 radical (unpaired) electrons. The molecule has 33 heavy (non-hydrogen) atoms. The summed E-state index contributed by atoms with van der Waals surface area (Å²) in [6.07, 6.45) is 4.49. The number of carbonyl (C=O) groups excluding carboxylic acids is 1. The number of thiophene rings is 1. The van der Waals surface area contributed by atoms with Crippen molar-refractivity contribution in [2.45, 2.75) is 53.0 Å². The summed E-state index contributed by atoms with van der Waals surface area (Å²) in [5.41, 5.74) is 1.28. The molecular weight excluding hydrogens is 434 g/mol. The number of aryl methyl sites for hydroxylation is 2. The Morgan fingerprint density at radius 2 is 1.82 bits per heavy atom. The van der Waals surface area contributed by atoms with Gasteiger partial charge in [-0.2, -0.15) is 0 Å². The largest absolute Gasteiger partial charge is 0.378 e. The molecule has 5 heterocycles. The van der Waals surface area contributed by atoms with Gasteiger partial charge >= 0.3 is 0 Å². The maximum atomic E-state index is 13.2. The first-order valence-corrected chi connectivity index (χ1v) is 13.4. The Morgan fingerprint density at radius 1 is 1.06 bits per heavy atom. The van der Waals surface area contributed by atoms with E-state index in [1.165, 1.54) is 28.7 Å². The molecule has 0 N–H and O–H groups in total. The van der Waals surface area contributed by atoms with Gasteiger partial charge in [-0.25, -0.2) is 9.97 Å². The van der Waals surface area contributed by atoms with Crippen molar-refractivity contribution < 1.29 is 9.53 Å². The summed E-state index contributed by atoms with van der Waals surface area (Å²) >= 11 is 1.78. The summed E-state index contributed by atoms with van der Waals surface area (Å²) in [7, 11) is 0. The van der Waals surface area contributed by atoms with Crippen LogP contribution in [-0.2, 0) is 16.1 Å². The molecule has 2 aromatic rings. The fourth-order valence-corrected chi connectivity index (χ4v) is 6.45. The zero-order chi connectivity index (χ0) is 22.9. The van der Waals surface area contributed by atoms with Gasteiger partial charge in [0, 0.05) is 31.1 Å². The molecular formula is C25H37N5O2S. The van der Waals surface area contributed by atoms with Crippen LogP contribution in [0.25, 0.3) is 10.2 Å². The molecule has 5 rings (SSSR count). The molecule has 180 valence electrons. The van der Waals surface area contributed by atoms with Crippen LogP contribution in [0.4, 0.5) is 5.82 Å². The van der Waals surface area contributed by atoms with Crippen LogP contribution in [0.1, 0.15) is 48.9 Å². The molecule has 0 aliphatic carbocycles. The average molecular weight is 472 g/mol. The lowest BCUT2D eigenvalue weighted by molar-refractivity contribution is -0.139. The van der Waals surface area contributed by atoms with E-state index in [4.69, 9.17) is 14.7 Å². The van der Waals surface area contributed by atoms with Gasteiger partial charge in [0.25, 0.3) is 0 Å². The van der Waals surface area contributed by atoms with Crippen LogP contribution in [0.3, 0.4) is 0 Å². The van der Waals surface area contributed by atoms with Crippen LogP contribution >= 0.6 is 11.3 Å². The first kappa shape index (κ1) is 23.0. The number of amides is 1. The third kappa shape index (κ3) is 4.88. The summed E-state index contributed by atoms with van der Waals surface area (Å²) in [5.74, 6) is 3.11. The Morgan fingerprint density at radius 3 is 2.58 bits per heavy atom. The minimum Gasteiger partial charge on any atom is -0.378 e. The minimum atomic E-state index is 0.0361. The van der Waals surface area contributed by atoms with Crippen LogP contribution in [-0.4, -0.2) is 78.2 Å². The predicted molar refractivity (Wildman–Crippen MR) is 133 cm³/mol. The number of piperidine rings is 2. The zero-order valence-corrected chi connectivity index (χ0v) is 21.1. The van der Waals surface area contributed by atoms with Crippen molar-refractivity contribution in [1.82, 2.24) is 19.8 Å². The average Bonchev–Trinajstić information content (AvgIpc) is 3.13. The lowest BCUT2D eigenvalue weighted by Crippen LogP contribution is -2.48. The van der Waals surface area contributed by atoms with Crippen LogP contribution in [0, 0.1) is 25.7 Å². The number of hydrogen-bond acceptors (Lipinski definition) is 7. The maximum Gasteiger partial charge on any atom is 0.227 e. The SMILES string of the molecule is Cc1sc2nc(CN3CCC(C)CC3)nc(N3CCCC(C(=O)N4CCOCC4)C3)c2c1C. The van der Waals surface area contributed by atoms with Crippen molar-refractivity contribution in [1.29, 1.82) is 0 Å². The minimum absolute atomic E-state index is 0.0361. The number of rotatable bonds is 4. The maximum absolute atomic E-state index is 13.2. The standard InChI is InChI=1S/C25H37N5O2S/c1-17-6-9-28(10-7-17)16-21-26-23(22-18(2)19(3)33-24(22)27-21)30-8-4-5-20(15-30)25(31)29-11-13-32-14-12-29/h17,20H,4-16H2,1-3H3. The van der Waals surface area contributed by atoms with E-state index < -0.39 is 0 Å². The van der Waals surface area contributed by atoms with Gasteiger partial charge in [-0.3, -0.25) is 9.69 Å². The summed E-state index contributed by atoms with van der Waals surface area (Å²) < 4.78 is 5.45. The van der Waals surface area contributed by atoms with E-state index in [-0.39, 0.29) is 11.8 Å². The number of aromatic nitrogens is 2. The van der Waals surface area contributed by atoms with Gasteiger partial charge in [0.15, 0.2) is 0 Å². The normalized spacial score (nSPS) is 23.4. The number of fused-ring (bicyclic) bond motifs is 1. The highest BCUT2D eigenvalue weighted by molar-refractivity contribution is 7.18. The smallest absolute Gasteiger partial charge is 0.227 e. The molecule has 0 saturated carbocycles. The first-order valence-electron chi connectivity index (χ1n) is 12.6. The summed E-state index contributed by atoms with van der Waals surface area (Å²) in [6.45, 7) is 14.2. The van der Waals surface area contributed by atoms with Crippen LogP contribution < -0.4 is 4.90 Å². The molecule has 1 atom stereocenters. The number of anilines is 1. The van der Waals surface area contributed by atoms with E-state index in [0.29, 0.717) is 26.3 Å². The number of hydrogen-bond donors (Lipinski definition) is 0. The van der Waals surface area contributed by atoms with Gasteiger partial charge in [0.1, 0.15) is 16.5 Å². The molecule has 0 bridgehead atoms. The Kier molecular flexibility index (Phi) is 6.86. The Balaban J connectivity index is 1.41. The van der Waals surface area contributed by atoms with E-state index in [0.717, 1.165) is 68.0 Å². The molecule has 7 nitrogen and oxygen atoms in total. The monoisotopic (exact) mass is 471 g/mol. The second-order valence-corrected chi connectivity index (χ2v) is 11.3. The van der Waals surface area contributed by atoms with Crippen molar-refractivity contribution in [3.63, 3.8) is 0 Å². The van der Waals surface area contributed by atoms with Crippen LogP contribution in [0.2, 0.25) is 0 Å². The number of likely N-dealkylation sites (tertiary alicyclic amines) is 1. The van der Waals surface area contributed by atoms with E-state index in [1.54, 1.807) is 11.3 Å². The molecule has 8 heteroatoms. The molecule has 0 aromatic carbocycles. The van der Waals surface area contributed by atoms with Crippen LogP contribution in [0.15, 0.2) is 0 Å². The zero-order valence-electron chi connectivity index (χ0n) is 20.3. The van der Waals surface area contributed by atoms with Crippen LogP contribution in [0.5, 0.6) is 0 Å². The van der Waals surface area contributed by atoms with Crippen molar-refractivity contribution in [2.75, 3.05) is 57.4 Å². The van der Waals surface area contributed by atoms with Gasteiger partial charge in [0.2, 0.25) is 5.91 Å². The second-order valence-electron chi connectivity index (χ2n) is 10.1. The van der Waals surface area contributed by atoms with Crippen molar-refractivity contribution in [3.05, 3.63) is 16.3 Å². The summed E-state index contributed by atoms with van der Waals surface area (Å²) in [6, 6.07) is 0. The quantitative estimate of drug-likeness (QED) is 0.679. The van der Waals surface area contributed by atoms with Crippen molar-refractivity contribution in [2.24, 2.45) is 11.8 Å². The number of carbonyl (C=O) groups is 1. The number of ether oxygens (including phenoxy) is 1. The Hall–Kier alpha value is -1.77. The molecule has 1 amide bonds. The third-order valence-electron chi connectivity index (χ3n) is 7.69. The highest BCUT2D eigenvalue weighted by Gasteiger charge is 2.32. The van der Waals surface area contributed by atoms with E-state index >= 15 is 0 Å². The van der Waals surface area contributed by atoms with E-state index in [2.05, 4.69) is 30.6 Å². The lowest BCUT2D eigenvalue weighted by Gasteiger charge is -2.37.